The SMILES string of the molecule is CC1CN(Cc2cccc(CNC(=O)CCC(=O)C(C#N)=C3N(C)c4ccccc4N3C)c2)CCO1. The number of amides is 1. The van der Waals surface area contributed by atoms with Gasteiger partial charge in [0.1, 0.15) is 17.5 Å². The third-order valence-corrected chi connectivity index (χ3v) is 6.65. The van der Waals surface area contributed by atoms with Gasteiger partial charge in [0.25, 0.3) is 0 Å². The second kappa shape index (κ2) is 11.4. The summed E-state index contributed by atoms with van der Waals surface area (Å²) in [6, 6.07) is 18.0. The van der Waals surface area contributed by atoms with Gasteiger partial charge in [0.05, 0.1) is 24.1 Å². The fourth-order valence-corrected chi connectivity index (χ4v) is 4.83. The van der Waals surface area contributed by atoms with Crippen molar-refractivity contribution in [2.75, 3.05) is 43.6 Å². The Balaban J connectivity index is 1.31. The molecular formula is C28H33N5O3. The summed E-state index contributed by atoms with van der Waals surface area (Å²) in [4.78, 5) is 31.5. The van der Waals surface area contributed by atoms with Crippen LogP contribution >= 0.6 is 0 Å². The second-order valence-corrected chi connectivity index (χ2v) is 9.35. The van der Waals surface area contributed by atoms with Crippen LogP contribution in [0.15, 0.2) is 59.9 Å². The zero-order valence-electron chi connectivity index (χ0n) is 21.2. The lowest BCUT2D eigenvalue weighted by atomic mass is 10.1. The summed E-state index contributed by atoms with van der Waals surface area (Å²) in [5.41, 5.74) is 4.13. The number of fused-ring (bicyclic) bond motifs is 1. The number of nitriles is 1. The minimum absolute atomic E-state index is 0.0223. The normalized spacial score (nSPS) is 17.5. The first-order valence-electron chi connectivity index (χ1n) is 12.3. The first-order valence-corrected chi connectivity index (χ1v) is 12.3. The third kappa shape index (κ3) is 5.76. The van der Waals surface area contributed by atoms with E-state index < -0.39 is 0 Å². The molecule has 2 aromatic carbocycles. The van der Waals surface area contributed by atoms with E-state index in [1.165, 1.54) is 5.56 Å². The van der Waals surface area contributed by atoms with Crippen molar-refractivity contribution in [3.8, 4) is 6.07 Å². The molecule has 0 saturated carbocycles. The summed E-state index contributed by atoms with van der Waals surface area (Å²) in [6.45, 7) is 5.91. The van der Waals surface area contributed by atoms with Crippen LogP contribution in [0.3, 0.4) is 0 Å². The number of para-hydroxylation sites is 2. The number of allylic oxidation sites excluding steroid dienone is 1. The molecule has 1 unspecified atom stereocenters. The number of morpholine rings is 1. The van der Waals surface area contributed by atoms with Gasteiger partial charge in [0, 0.05) is 53.1 Å². The molecule has 1 saturated heterocycles. The summed E-state index contributed by atoms with van der Waals surface area (Å²) in [5, 5.41) is 12.7. The molecule has 8 heteroatoms. The Morgan fingerprint density at radius 1 is 1.06 bits per heavy atom. The molecule has 2 aliphatic rings. The summed E-state index contributed by atoms with van der Waals surface area (Å²) in [5.74, 6) is -0.0130. The van der Waals surface area contributed by atoms with E-state index in [2.05, 4.69) is 35.3 Å². The Kier molecular flexibility index (Phi) is 8.04. The number of carbonyl (C=O) groups excluding carboxylic acids is 2. The monoisotopic (exact) mass is 487 g/mol. The van der Waals surface area contributed by atoms with Crippen molar-refractivity contribution in [2.45, 2.75) is 39.0 Å². The smallest absolute Gasteiger partial charge is 0.220 e. The number of hydrogen-bond donors (Lipinski definition) is 1. The molecule has 0 aromatic heterocycles. The zero-order chi connectivity index (χ0) is 25.7. The van der Waals surface area contributed by atoms with Crippen LogP contribution in [0.4, 0.5) is 11.4 Å². The number of rotatable bonds is 8. The first kappa shape index (κ1) is 25.4. The Bertz CT molecular complexity index is 1170. The van der Waals surface area contributed by atoms with Crippen molar-refractivity contribution < 1.29 is 14.3 Å². The van der Waals surface area contributed by atoms with E-state index >= 15 is 0 Å². The van der Waals surface area contributed by atoms with Gasteiger partial charge in [-0.3, -0.25) is 14.5 Å². The quantitative estimate of drug-likeness (QED) is 0.452. The molecule has 2 aromatic rings. The van der Waals surface area contributed by atoms with E-state index in [1.54, 1.807) is 0 Å². The third-order valence-electron chi connectivity index (χ3n) is 6.65. The predicted octanol–water partition coefficient (Wildman–Crippen LogP) is 3.19. The molecule has 2 aliphatic heterocycles. The van der Waals surface area contributed by atoms with Crippen molar-refractivity contribution in [1.82, 2.24) is 10.2 Å². The summed E-state index contributed by atoms with van der Waals surface area (Å²) in [7, 11) is 3.67. The van der Waals surface area contributed by atoms with Gasteiger partial charge in [-0.2, -0.15) is 5.26 Å². The maximum Gasteiger partial charge on any atom is 0.220 e. The molecule has 1 fully saturated rings. The highest BCUT2D eigenvalue weighted by molar-refractivity contribution is 6.03. The molecule has 188 valence electrons. The van der Waals surface area contributed by atoms with E-state index in [-0.39, 0.29) is 36.2 Å². The number of ketones is 1. The molecule has 4 rings (SSSR count). The van der Waals surface area contributed by atoms with Gasteiger partial charge in [-0.25, -0.2) is 0 Å². The molecule has 0 radical (unpaired) electrons. The van der Waals surface area contributed by atoms with Crippen molar-refractivity contribution in [2.24, 2.45) is 0 Å². The minimum atomic E-state index is -0.337. The Morgan fingerprint density at radius 2 is 1.75 bits per heavy atom. The van der Waals surface area contributed by atoms with Gasteiger partial charge in [-0.1, -0.05) is 36.4 Å². The van der Waals surface area contributed by atoms with Crippen LogP contribution in [-0.2, 0) is 27.4 Å². The molecule has 1 N–H and O–H groups in total. The fraction of sp³-hybridized carbons (Fsp3) is 0.393. The second-order valence-electron chi connectivity index (χ2n) is 9.35. The maximum atomic E-state index is 12.9. The highest BCUT2D eigenvalue weighted by Crippen LogP contribution is 2.40. The van der Waals surface area contributed by atoms with Crippen LogP contribution in [-0.4, -0.2) is 56.5 Å². The average Bonchev–Trinajstić information content (AvgIpc) is 3.12. The predicted molar refractivity (Wildman–Crippen MR) is 139 cm³/mol. The van der Waals surface area contributed by atoms with Crippen molar-refractivity contribution in [3.05, 3.63) is 71.1 Å². The zero-order valence-corrected chi connectivity index (χ0v) is 21.2. The van der Waals surface area contributed by atoms with E-state index in [0.29, 0.717) is 12.4 Å². The van der Waals surface area contributed by atoms with E-state index in [4.69, 9.17) is 4.74 Å². The maximum absolute atomic E-state index is 12.9. The molecule has 0 aliphatic carbocycles. The summed E-state index contributed by atoms with van der Waals surface area (Å²) in [6.07, 6.45) is 0.250. The number of nitrogens with one attached hydrogen (secondary N) is 1. The number of ether oxygens (including phenoxy) is 1. The average molecular weight is 488 g/mol. The molecule has 2 heterocycles. The van der Waals surface area contributed by atoms with Crippen molar-refractivity contribution in [3.63, 3.8) is 0 Å². The highest BCUT2D eigenvalue weighted by atomic mass is 16.5. The largest absolute Gasteiger partial charge is 0.376 e. The number of anilines is 2. The summed E-state index contributed by atoms with van der Waals surface area (Å²) < 4.78 is 5.61. The highest BCUT2D eigenvalue weighted by Gasteiger charge is 2.31. The van der Waals surface area contributed by atoms with Crippen molar-refractivity contribution >= 4 is 23.1 Å². The topological polar surface area (TPSA) is 88.9 Å². The number of carbonyl (C=O) groups is 2. The van der Waals surface area contributed by atoms with Gasteiger partial charge >= 0.3 is 0 Å². The number of nitrogens with zero attached hydrogens (tertiary/aromatic N) is 4. The molecule has 0 bridgehead atoms. The van der Waals surface area contributed by atoms with Crippen LogP contribution in [0.5, 0.6) is 0 Å². The lowest BCUT2D eigenvalue weighted by Crippen LogP contribution is -2.40. The Morgan fingerprint density at radius 3 is 2.42 bits per heavy atom. The number of hydrogen-bond acceptors (Lipinski definition) is 7. The lowest BCUT2D eigenvalue weighted by Gasteiger charge is -2.31. The van der Waals surface area contributed by atoms with Gasteiger partial charge in [-0.05, 0) is 30.2 Å². The van der Waals surface area contributed by atoms with Gasteiger partial charge in [-0.15, -0.1) is 0 Å². The number of benzene rings is 2. The molecule has 1 amide bonds. The lowest BCUT2D eigenvalue weighted by molar-refractivity contribution is -0.124. The fourth-order valence-electron chi connectivity index (χ4n) is 4.83. The standard InChI is InChI=1S/C28H33N5O3/c1-20-18-33(13-14-36-20)19-22-8-6-7-21(15-22)17-30-27(35)12-11-26(34)23(16-29)28-31(2)24-9-4-5-10-25(24)32(28)3/h4-10,15,20H,11-14,17-19H2,1-3H3,(H,30,35). The van der Waals surface area contributed by atoms with E-state index in [0.717, 1.165) is 43.2 Å². The van der Waals surface area contributed by atoms with Crippen LogP contribution in [0, 0.1) is 11.3 Å². The van der Waals surface area contributed by atoms with E-state index in [9.17, 15) is 14.9 Å². The Hall–Kier alpha value is -3.67. The summed E-state index contributed by atoms with van der Waals surface area (Å²) >= 11 is 0. The first-order chi connectivity index (χ1) is 17.4. The Labute approximate surface area is 212 Å². The van der Waals surface area contributed by atoms with Gasteiger partial charge in [0.15, 0.2) is 5.78 Å². The minimum Gasteiger partial charge on any atom is -0.376 e. The van der Waals surface area contributed by atoms with Crippen LogP contribution in [0.2, 0.25) is 0 Å². The van der Waals surface area contributed by atoms with Crippen molar-refractivity contribution in [1.29, 1.82) is 5.26 Å². The molecular weight excluding hydrogens is 454 g/mol. The molecule has 0 spiro atoms. The van der Waals surface area contributed by atoms with Crippen LogP contribution in [0.1, 0.15) is 30.9 Å². The van der Waals surface area contributed by atoms with Crippen LogP contribution < -0.4 is 15.1 Å². The molecule has 1 atom stereocenters. The number of Topliss-reactive ketones (excluding diaryl/α,β-unsaturated/α-hetero) is 1. The molecule has 8 nitrogen and oxygen atoms in total. The van der Waals surface area contributed by atoms with E-state index in [1.807, 2.05) is 60.3 Å². The van der Waals surface area contributed by atoms with Gasteiger partial charge in [0.2, 0.25) is 5.91 Å². The van der Waals surface area contributed by atoms with Gasteiger partial charge < -0.3 is 19.9 Å². The molecule has 36 heavy (non-hydrogen) atoms. The van der Waals surface area contributed by atoms with Crippen LogP contribution in [0.25, 0.3) is 0 Å².